The molecular weight excluding hydrogens is 202 g/mol. The molecular formula is C12H17N3O. The number of aromatic nitrogens is 2. The van der Waals surface area contributed by atoms with Crippen LogP contribution in [0.3, 0.4) is 0 Å². The molecule has 0 spiro atoms. The average Bonchev–Trinajstić information content (AvgIpc) is 2.38. The zero-order valence-corrected chi connectivity index (χ0v) is 9.52. The van der Waals surface area contributed by atoms with Gasteiger partial charge >= 0.3 is 0 Å². The summed E-state index contributed by atoms with van der Waals surface area (Å²) >= 11 is 0. The molecule has 2 heterocycles. The summed E-state index contributed by atoms with van der Waals surface area (Å²) in [6.07, 6.45) is 7.53. The van der Waals surface area contributed by atoms with Crippen LogP contribution in [0, 0.1) is 0 Å². The molecule has 1 atom stereocenters. The summed E-state index contributed by atoms with van der Waals surface area (Å²) in [4.78, 5) is 8.61. The lowest BCUT2D eigenvalue weighted by Gasteiger charge is -2.22. The molecule has 0 radical (unpaired) electrons. The van der Waals surface area contributed by atoms with Gasteiger partial charge in [0.2, 0.25) is 0 Å². The van der Waals surface area contributed by atoms with Crippen LogP contribution in [0.2, 0.25) is 0 Å². The second-order valence-electron chi connectivity index (χ2n) is 3.76. The molecule has 86 valence electrons. The maximum atomic E-state index is 5.37. The van der Waals surface area contributed by atoms with Gasteiger partial charge in [0.1, 0.15) is 5.82 Å². The first-order chi connectivity index (χ1) is 7.92. The van der Waals surface area contributed by atoms with E-state index in [4.69, 9.17) is 4.74 Å². The maximum Gasteiger partial charge on any atom is 0.149 e. The summed E-state index contributed by atoms with van der Waals surface area (Å²) in [5.74, 6) is 0.820. The smallest absolute Gasteiger partial charge is 0.149 e. The van der Waals surface area contributed by atoms with Crippen molar-refractivity contribution in [1.82, 2.24) is 15.3 Å². The van der Waals surface area contributed by atoms with Gasteiger partial charge < -0.3 is 10.1 Å². The van der Waals surface area contributed by atoms with Gasteiger partial charge in [0.25, 0.3) is 0 Å². The molecule has 0 amide bonds. The van der Waals surface area contributed by atoms with Crippen molar-refractivity contribution < 1.29 is 4.74 Å². The Morgan fingerprint density at radius 1 is 1.44 bits per heavy atom. The van der Waals surface area contributed by atoms with Crippen molar-refractivity contribution in [3.8, 4) is 0 Å². The highest BCUT2D eigenvalue weighted by Crippen LogP contribution is 2.24. The zero-order valence-electron chi connectivity index (χ0n) is 9.52. The SMILES string of the molecule is CCNC(C1=COCCC1)c1ncccn1. The van der Waals surface area contributed by atoms with Gasteiger partial charge in [-0.15, -0.1) is 0 Å². The van der Waals surface area contributed by atoms with Gasteiger partial charge in [-0.2, -0.15) is 0 Å². The summed E-state index contributed by atoms with van der Waals surface area (Å²) in [5, 5.41) is 3.40. The van der Waals surface area contributed by atoms with E-state index in [-0.39, 0.29) is 6.04 Å². The van der Waals surface area contributed by atoms with Crippen LogP contribution < -0.4 is 5.32 Å². The monoisotopic (exact) mass is 219 g/mol. The first kappa shape index (κ1) is 11.1. The van der Waals surface area contributed by atoms with Gasteiger partial charge in [-0.25, -0.2) is 9.97 Å². The van der Waals surface area contributed by atoms with Gasteiger partial charge in [0.15, 0.2) is 0 Å². The van der Waals surface area contributed by atoms with E-state index in [1.165, 1.54) is 5.57 Å². The largest absolute Gasteiger partial charge is 0.501 e. The Kier molecular flexibility index (Phi) is 3.88. The second kappa shape index (κ2) is 5.61. The van der Waals surface area contributed by atoms with Crippen LogP contribution in [0.5, 0.6) is 0 Å². The lowest BCUT2D eigenvalue weighted by atomic mass is 10.0. The summed E-state index contributed by atoms with van der Waals surface area (Å²) in [5.41, 5.74) is 1.24. The number of nitrogens with zero attached hydrogens (tertiary/aromatic N) is 2. The fourth-order valence-corrected chi connectivity index (χ4v) is 1.85. The molecule has 1 unspecified atom stereocenters. The van der Waals surface area contributed by atoms with Crippen LogP contribution in [0.15, 0.2) is 30.3 Å². The first-order valence-electron chi connectivity index (χ1n) is 5.72. The van der Waals surface area contributed by atoms with Crippen molar-refractivity contribution in [2.75, 3.05) is 13.2 Å². The van der Waals surface area contributed by atoms with Crippen LogP contribution in [0.25, 0.3) is 0 Å². The Morgan fingerprint density at radius 3 is 2.88 bits per heavy atom. The topological polar surface area (TPSA) is 47.0 Å². The first-order valence-corrected chi connectivity index (χ1v) is 5.72. The Hall–Kier alpha value is -1.42. The minimum atomic E-state index is 0.0894. The number of hydrogen-bond donors (Lipinski definition) is 1. The van der Waals surface area contributed by atoms with Gasteiger partial charge in [0, 0.05) is 12.4 Å². The highest BCUT2D eigenvalue weighted by atomic mass is 16.5. The molecule has 0 aromatic carbocycles. The summed E-state index contributed by atoms with van der Waals surface area (Å²) in [6, 6.07) is 1.92. The predicted molar refractivity (Wildman–Crippen MR) is 61.7 cm³/mol. The van der Waals surface area contributed by atoms with Gasteiger partial charge in [0.05, 0.1) is 18.9 Å². The molecule has 4 nitrogen and oxygen atoms in total. The molecule has 1 N–H and O–H groups in total. The lowest BCUT2D eigenvalue weighted by molar-refractivity contribution is 0.219. The average molecular weight is 219 g/mol. The summed E-state index contributed by atoms with van der Waals surface area (Å²) in [6.45, 7) is 3.79. The maximum absolute atomic E-state index is 5.37. The number of rotatable bonds is 4. The second-order valence-corrected chi connectivity index (χ2v) is 3.76. The van der Waals surface area contributed by atoms with E-state index in [9.17, 15) is 0 Å². The number of ether oxygens (including phenoxy) is 1. The van der Waals surface area contributed by atoms with E-state index in [1.54, 1.807) is 12.4 Å². The molecule has 1 aromatic rings. The molecule has 0 saturated carbocycles. The highest BCUT2D eigenvalue weighted by Gasteiger charge is 2.20. The fourth-order valence-electron chi connectivity index (χ4n) is 1.85. The molecule has 4 heteroatoms. The van der Waals surface area contributed by atoms with Crippen molar-refractivity contribution in [2.24, 2.45) is 0 Å². The van der Waals surface area contributed by atoms with Crippen LogP contribution in [0.1, 0.15) is 31.6 Å². The minimum absolute atomic E-state index is 0.0894. The fraction of sp³-hybridized carbons (Fsp3) is 0.500. The Labute approximate surface area is 95.8 Å². The predicted octanol–water partition coefficient (Wildman–Crippen LogP) is 1.82. The Morgan fingerprint density at radius 2 is 2.25 bits per heavy atom. The number of nitrogens with one attached hydrogen (secondary N) is 1. The summed E-state index contributed by atoms with van der Waals surface area (Å²) < 4.78 is 5.37. The van der Waals surface area contributed by atoms with Crippen LogP contribution in [0.4, 0.5) is 0 Å². The van der Waals surface area contributed by atoms with E-state index in [0.717, 1.165) is 31.8 Å². The van der Waals surface area contributed by atoms with Gasteiger partial charge in [-0.1, -0.05) is 6.92 Å². The van der Waals surface area contributed by atoms with Gasteiger partial charge in [-0.05, 0) is 31.0 Å². The van der Waals surface area contributed by atoms with E-state index in [1.807, 2.05) is 12.3 Å². The molecule has 1 aliphatic heterocycles. The van der Waals surface area contributed by atoms with Crippen molar-refractivity contribution >= 4 is 0 Å². The molecule has 0 saturated heterocycles. The molecule has 0 aliphatic carbocycles. The lowest BCUT2D eigenvalue weighted by Crippen LogP contribution is -2.26. The van der Waals surface area contributed by atoms with Crippen LogP contribution in [-0.2, 0) is 4.74 Å². The third-order valence-electron chi connectivity index (χ3n) is 2.59. The quantitative estimate of drug-likeness (QED) is 0.839. The molecule has 16 heavy (non-hydrogen) atoms. The van der Waals surface area contributed by atoms with Crippen molar-refractivity contribution in [1.29, 1.82) is 0 Å². The normalized spacial score (nSPS) is 17.4. The summed E-state index contributed by atoms with van der Waals surface area (Å²) in [7, 11) is 0. The van der Waals surface area contributed by atoms with Gasteiger partial charge in [-0.3, -0.25) is 0 Å². The van der Waals surface area contributed by atoms with E-state index in [2.05, 4.69) is 22.2 Å². The molecule has 0 bridgehead atoms. The Balaban J connectivity index is 2.19. The van der Waals surface area contributed by atoms with Crippen molar-refractivity contribution in [3.63, 3.8) is 0 Å². The molecule has 2 rings (SSSR count). The minimum Gasteiger partial charge on any atom is -0.501 e. The van der Waals surface area contributed by atoms with Crippen LogP contribution >= 0.6 is 0 Å². The number of likely N-dealkylation sites (N-methyl/N-ethyl adjacent to an activating group) is 1. The molecule has 0 fully saturated rings. The molecule has 1 aliphatic rings. The third kappa shape index (κ3) is 2.58. The Bertz CT molecular complexity index is 351. The van der Waals surface area contributed by atoms with E-state index < -0.39 is 0 Å². The highest BCUT2D eigenvalue weighted by molar-refractivity contribution is 5.17. The van der Waals surface area contributed by atoms with Crippen molar-refractivity contribution in [3.05, 3.63) is 36.1 Å². The standard InChI is InChI=1S/C12H17N3O/c1-2-13-11(10-5-3-8-16-9-10)12-14-6-4-7-15-12/h4,6-7,9,11,13H,2-3,5,8H2,1H3. The van der Waals surface area contributed by atoms with Crippen LogP contribution in [-0.4, -0.2) is 23.1 Å². The molecule has 1 aromatic heterocycles. The zero-order chi connectivity index (χ0) is 11.2. The van der Waals surface area contributed by atoms with E-state index >= 15 is 0 Å². The third-order valence-corrected chi connectivity index (χ3v) is 2.59. The van der Waals surface area contributed by atoms with E-state index in [0.29, 0.717) is 0 Å². The van der Waals surface area contributed by atoms with Crippen molar-refractivity contribution in [2.45, 2.75) is 25.8 Å². The number of hydrogen-bond acceptors (Lipinski definition) is 4.